The number of hydrogen-bond donors (Lipinski definition) is 0. The van der Waals surface area contributed by atoms with E-state index in [9.17, 15) is 4.79 Å². The Kier molecular flexibility index (Phi) is 4.10. The van der Waals surface area contributed by atoms with Gasteiger partial charge in [-0.3, -0.25) is 9.48 Å². The molecule has 1 heterocycles. The number of carbonyl (C=O) groups is 1. The van der Waals surface area contributed by atoms with Crippen molar-refractivity contribution in [1.82, 2.24) is 9.78 Å². The lowest BCUT2D eigenvalue weighted by atomic mass is 10.1. The summed E-state index contributed by atoms with van der Waals surface area (Å²) in [6.07, 6.45) is 3.14. The summed E-state index contributed by atoms with van der Waals surface area (Å²) in [5, 5.41) is 4.29. The molecule has 0 aliphatic carbocycles. The fourth-order valence-electron chi connectivity index (χ4n) is 2.04. The second kappa shape index (κ2) is 5.14. The highest BCUT2D eigenvalue weighted by atomic mass is 16.1. The van der Waals surface area contributed by atoms with Gasteiger partial charge in [0.25, 0.3) is 0 Å². The van der Waals surface area contributed by atoms with Crippen molar-refractivity contribution in [3.63, 3.8) is 0 Å². The predicted molar refractivity (Wildman–Crippen MR) is 66.1 cm³/mol. The Labute approximate surface area is 97.2 Å². The fraction of sp³-hybridized carbons (Fsp3) is 0.667. The molecule has 90 valence electrons. The minimum Gasteiger partial charge on any atom is -0.357 e. The summed E-state index contributed by atoms with van der Waals surface area (Å²) in [7, 11) is 3.90. The van der Waals surface area contributed by atoms with E-state index in [0.717, 1.165) is 30.6 Å². The van der Waals surface area contributed by atoms with Crippen molar-refractivity contribution in [3.8, 4) is 0 Å². The number of aromatic nitrogens is 2. The summed E-state index contributed by atoms with van der Waals surface area (Å²) in [4.78, 5) is 13.2. The van der Waals surface area contributed by atoms with Crippen molar-refractivity contribution in [2.24, 2.45) is 7.05 Å². The van der Waals surface area contributed by atoms with Gasteiger partial charge in [-0.05, 0) is 20.3 Å². The Morgan fingerprint density at radius 3 is 2.69 bits per heavy atom. The molecule has 0 saturated carbocycles. The molecule has 4 nitrogen and oxygen atoms in total. The normalized spacial score (nSPS) is 12.6. The van der Waals surface area contributed by atoms with Crippen LogP contribution in [0.5, 0.6) is 0 Å². The summed E-state index contributed by atoms with van der Waals surface area (Å²) in [6, 6.07) is 0.415. The molecule has 1 aromatic rings. The molecule has 1 unspecified atom stereocenters. The Morgan fingerprint density at radius 1 is 1.56 bits per heavy atom. The molecule has 0 spiro atoms. The molecule has 0 amide bonds. The van der Waals surface area contributed by atoms with Gasteiger partial charge in [-0.25, -0.2) is 0 Å². The zero-order valence-corrected chi connectivity index (χ0v) is 10.8. The molecule has 1 aromatic heterocycles. The van der Waals surface area contributed by atoms with Crippen LogP contribution in [0, 0.1) is 6.92 Å². The minimum absolute atomic E-state index is 0.415. The fourth-order valence-corrected chi connectivity index (χ4v) is 2.04. The third-order valence-electron chi connectivity index (χ3n) is 3.06. The Hall–Kier alpha value is -1.32. The summed E-state index contributed by atoms with van der Waals surface area (Å²) in [5.41, 5.74) is 1.50. The summed E-state index contributed by atoms with van der Waals surface area (Å²) < 4.78 is 1.78. The molecular formula is C12H21N3O. The topological polar surface area (TPSA) is 38.1 Å². The number of aldehydes is 1. The number of hydrogen-bond acceptors (Lipinski definition) is 3. The van der Waals surface area contributed by atoms with Crippen molar-refractivity contribution in [1.29, 1.82) is 0 Å². The standard InChI is InChI=1S/C12H21N3O/c1-6-7-9(2)14(4)12-11(8-16)10(3)13-15(12)5/h8-9H,6-7H2,1-5H3. The van der Waals surface area contributed by atoms with E-state index in [4.69, 9.17) is 0 Å². The van der Waals surface area contributed by atoms with Crippen LogP contribution in [0.3, 0.4) is 0 Å². The van der Waals surface area contributed by atoms with Gasteiger partial charge >= 0.3 is 0 Å². The Balaban J connectivity index is 3.06. The number of rotatable bonds is 5. The first-order valence-corrected chi connectivity index (χ1v) is 5.74. The van der Waals surface area contributed by atoms with Gasteiger partial charge in [0.2, 0.25) is 0 Å². The van der Waals surface area contributed by atoms with Gasteiger partial charge in [-0.2, -0.15) is 5.10 Å². The summed E-state index contributed by atoms with van der Waals surface area (Å²) in [5.74, 6) is 0.911. The average Bonchev–Trinajstić information content (AvgIpc) is 2.52. The third-order valence-corrected chi connectivity index (χ3v) is 3.06. The lowest BCUT2D eigenvalue weighted by molar-refractivity contribution is 0.112. The van der Waals surface area contributed by atoms with E-state index in [-0.39, 0.29) is 0 Å². The second-order valence-electron chi connectivity index (χ2n) is 4.31. The molecule has 0 bridgehead atoms. The monoisotopic (exact) mass is 223 g/mol. The zero-order chi connectivity index (χ0) is 12.3. The lowest BCUT2D eigenvalue weighted by Gasteiger charge is -2.27. The molecule has 0 fully saturated rings. The van der Waals surface area contributed by atoms with Crippen LogP contribution in [0.1, 0.15) is 42.7 Å². The van der Waals surface area contributed by atoms with E-state index in [0.29, 0.717) is 11.6 Å². The van der Waals surface area contributed by atoms with E-state index < -0.39 is 0 Å². The highest BCUT2D eigenvalue weighted by molar-refractivity contribution is 5.84. The van der Waals surface area contributed by atoms with Crippen LogP contribution in [-0.2, 0) is 7.05 Å². The molecule has 16 heavy (non-hydrogen) atoms. The van der Waals surface area contributed by atoms with E-state index >= 15 is 0 Å². The smallest absolute Gasteiger partial charge is 0.155 e. The largest absolute Gasteiger partial charge is 0.357 e. The van der Waals surface area contributed by atoms with E-state index in [1.807, 2.05) is 21.0 Å². The first-order valence-electron chi connectivity index (χ1n) is 5.74. The van der Waals surface area contributed by atoms with Crippen molar-refractivity contribution < 1.29 is 4.79 Å². The van der Waals surface area contributed by atoms with Crippen LogP contribution in [0.4, 0.5) is 5.82 Å². The van der Waals surface area contributed by atoms with Crippen molar-refractivity contribution >= 4 is 12.1 Å². The van der Waals surface area contributed by atoms with Gasteiger partial charge in [-0.15, -0.1) is 0 Å². The molecule has 0 saturated heterocycles. The zero-order valence-electron chi connectivity index (χ0n) is 10.8. The van der Waals surface area contributed by atoms with Crippen molar-refractivity contribution in [2.75, 3.05) is 11.9 Å². The second-order valence-corrected chi connectivity index (χ2v) is 4.31. The van der Waals surface area contributed by atoms with E-state index in [2.05, 4.69) is 23.8 Å². The van der Waals surface area contributed by atoms with Gasteiger partial charge < -0.3 is 4.90 Å². The van der Waals surface area contributed by atoms with Gasteiger partial charge in [0.15, 0.2) is 6.29 Å². The van der Waals surface area contributed by atoms with Gasteiger partial charge in [0.05, 0.1) is 11.3 Å². The molecule has 1 atom stereocenters. The van der Waals surface area contributed by atoms with Gasteiger partial charge in [-0.1, -0.05) is 13.3 Å². The van der Waals surface area contributed by atoms with Gasteiger partial charge in [0, 0.05) is 20.1 Å². The number of aryl methyl sites for hydroxylation is 2. The molecule has 0 radical (unpaired) electrons. The number of anilines is 1. The Morgan fingerprint density at radius 2 is 2.19 bits per heavy atom. The van der Waals surface area contributed by atoms with Crippen LogP contribution in [0.25, 0.3) is 0 Å². The van der Waals surface area contributed by atoms with Gasteiger partial charge in [0.1, 0.15) is 5.82 Å². The van der Waals surface area contributed by atoms with Crippen molar-refractivity contribution in [2.45, 2.75) is 39.7 Å². The first kappa shape index (κ1) is 12.7. The summed E-state index contributed by atoms with van der Waals surface area (Å²) in [6.45, 7) is 6.20. The van der Waals surface area contributed by atoms with Crippen LogP contribution in [0.2, 0.25) is 0 Å². The molecule has 0 aliphatic heterocycles. The summed E-state index contributed by atoms with van der Waals surface area (Å²) >= 11 is 0. The van der Waals surface area contributed by atoms with Crippen LogP contribution >= 0.6 is 0 Å². The van der Waals surface area contributed by atoms with Crippen molar-refractivity contribution in [3.05, 3.63) is 11.3 Å². The van der Waals surface area contributed by atoms with E-state index in [1.165, 1.54) is 0 Å². The highest BCUT2D eigenvalue weighted by Crippen LogP contribution is 2.23. The molecule has 4 heteroatoms. The van der Waals surface area contributed by atoms with E-state index in [1.54, 1.807) is 4.68 Å². The molecule has 1 rings (SSSR count). The first-order chi connectivity index (χ1) is 7.52. The molecule has 0 aliphatic rings. The minimum atomic E-state index is 0.415. The lowest BCUT2D eigenvalue weighted by Crippen LogP contribution is -2.31. The SMILES string of the molecule is CCCC(C)N(C)c1c(C=O)c(C)nn1C. The quantitative estimate of drug-likeness (QED) is 0.718. The average molecular weight is 223 g/mol. The Bertz CT molecular complexity index is 371. The molecular weight excluding hydrogens is 202 g/mol. The van der Waals surface area contributed by atoms with Crippen LogP contribution < -0.4 is 4.90 Å². The molecule has 0 N–H and O–H groups in total. The highest BCUT2D eigenvalue weighted by Gasteiger charge is 2.19. The predicted octanol–water partition coefficient (Wildman–Crippen LogP) is 2.17. The maximum absolute atomic E-state index is 11.1. The number of nitrogens with zero attached hydrogens (tertiary/aromatic N) is 3. The number of carbonyl (C=O) groups excluding carboxylic acids is 1. The van der Waals surface area contributed by atoms with Crippen LogP contribution in [-0.4, -0.2) is 29.2 Å². The van der Waals surface area contributed by atoms with Crippen LogP contribution in [0.15, 0.2) is 0 Å². The maximum Gasteiger partial charge on any atom is 0.155 e. The maximum atomic E-state index is 11.1. The third kappa shape index (κ3) is 2.26. The molecule has 0 aromatic carbocycles.